The summed E-state index contributed by atoms with van der Waals surface area (Å²) >= 11 is 0. The highest BCUT2D eigenvalue weighted by molar-refractivity contribution is 5.07. The summed E-state index contributed by atoms with van der Waals surface area (Å²) in [5.74, 6) is 1.05. The molecule has 0 aromatic carbocycles. The van der Waals surface area contributed by atoms with Crippen molar-refractivity contribution in [1.29, 1.82) is 0 Å². The van der Waals surface area contributed by atoms with E-state index in [0.717, 1.165) is 11.3 Å². The minimum Gasteiger partial charge on any atom is -0.297 e. The van der Waals surface area contributed by atoms with Gasteiger partial charge in [-0.2, -0.15) is 0 Å². The molecule has 2 aliphatic rings. The molecule has 13 heavy (non-hydrogen) atoms. The van der Waals surface area contributed by atoms with Gasteiger partial charge in [-0.15, -0.1) is 0 Å². The van der Waals surface area contributed by atoms with Gasteiger partial charge in [0.25, 0.3) is 0 Å². The van der Waals surface area contributed by atoms with Crippen molar-refractivity contribution >= 4 is 0 Å². The van der Waals surface area contributed by atoms with Crippen molar-refractivity contribution in [3.05, 3.63) is 0 Å². The van der Waals surface area contributed by atoms with Crippen LogP contribution in [-0.2, 0) is 0 Å². The molecule has 2 fully saturated rings. The second-order valence-corrected chi connectivity index (χ2v) is 6.03. The highest BCUT2D eigenvalue weighted by Crippen LogP contribution is 2.55. The fourth-order valence-corrected chi connectivity index (χ4v) is 3.00. The van der Waals surface area contributed by atoms with E-state index in [-0.39, 0.29) is 0 Å². The van der Waals surface area contributed by atoms with E-state index in [2.05, 4.69) is 32.6 Å². The molecular weight excluding hydrogens is 158 g/mol. The lowest BCUT2D eigenvalue weighted by Crippen LogP contribution is -2.68. The van der Waals surface area contributed by atoms with Crippen molar-refractivity contribution in [2.75, 3.05) is 13.1 Å². The maximum atomic E-state index is 2.63. The zero-order valence-electron chi connectivity index (χ0n) is 9.56. The molecule has 1 saturated carbocycles. The SMILES string of the molecule is CCC1CCC12CN(C(C)(C)C)C2. The molecule has 1 heteroatoms. The predicted octanol–water partition coefficient (Wildman–Crippen LogP) is 2.91. The van der Waals surface area contributed by atoms with Gasteiger partial charge in [-0.25, -0.2) is 0 Å². The fourth-order valence-electron chi connectivity index (χ4n) is 3.00. The van der Waals surface area contributed by atoms with Crippen LogP contribution in [0.3, 0.4) is 0 Å². The zero-order valence-corrected chi connectivity index (χ0v) is 9.56. The number of rotatable bonds is 1. The van der Waals surface area contributed by atoms with Crippen molar-refractivity contribution in [3.8, 4) is 0 Å². The van der Waals surface area contributed by atoms with E-state index < -0.39 is 0 Å². The summed E-state index contributed by atoms with van der Waals surface area (Å²) < 4.78 is 0. The van der Waals surface area contributed by atoms with Gasteiger partial charge in [-0.05, 0) is 44.9 Å². The summed E-state index contributed by atoms with van der Waals surface area (Å²) in [6.07, 6.45) is 4.39. The molecule has 76 valence electrons. The molecule has 1 saturated heterocycles. The molecule has 1 aliphatic heterocycles. The third kappa shape index (κ3) is 1.32. The molecule has 1 nitrogen and oxygen atoms in total. The number of likely N-dealkylation sites (tertiary alicyclic amines) is 1. The Morgan fingerprint density at radius 1 is 1.31 bits per heavy atom. The largest absolute Gasteiger partial charge is 0.297 e. The molecule has 1 unspecified atom stereocenters. The number of hydrogen-bond donors (Lipinski definition) is 0. The van der Waals surface area contributed by atoms with Gasteiger partial charge in [0.1, 0.15) is 0 Å². The summed E-state index contributed by atoms with van der Waals surface area (Å²) in [6.45, 7) is 12.1. The van der Waals surface area contributed by atoms with E-state index in [9.17, 15) is 0 Å². The molecule has 0 aromatic heterocycles. The summed E-state index contributed by atoms with van der Waals surface area (Å²) in [6, 6.07) is 0. The molecule has 1 heterocycles. The van der Waals surface area contributed by atoms with Crippen LogP contribution in [0.5, 0.6) is 0 Å². The Balaban J connectivity index is 1.90. The Morgan fingerprint density at radius 2 is 1.92 bits per heavy atom. The highest BCUT2D eigenvalue weighted by atomic mass is 15.3. The van der Waals surface area contributed by atoms with E-state index in [0.29, 0.717) is 5.54 Å². The van der Waals surface area contributed by atoms with Gasteiger partial charge >= 0.3 is 0 Å². The molecule has 0 radical (unpaired) electrons. The second kappa shape index (κ2) is 2.73. The maximum absolute atomic E-state index is 2.63. The molecule has 0 amide bonds. The van der Waals surface area contributed by atoms with Crippen LogP contribution in [0.4, 0.5) is 0 Å². The van der Waals surface area contributed by atoms with Gasteiger partial charge in [-0.3, -0.25) is 4.90 Å². The fraction of sp³-hybridized carbons (Fsp3) is 1.00. The summed E-state index contributed by atoms with van der Waals surface area (Å²) in [7, 11) is 0. The average molecular weight is 181 g/mol. The van der Waals surface area contributed by atoms with Gasteiger partial charge in [0.15, 0.2) is 0 Å². The van der Waals surface area contributed by atoms with Crippen LogP contribution in [0.15, 0.2) is 0 Å². The molecule has 1 aliphatic carbocycles. The maximum Gasteiger partial charge on any atom is 0.0125 e. The van der Waals surface area contributed by atoms with Crippen molar-refractivity contribution in [1.82, 2.24) is 4.90 Å². The van der Waals surface area contributed by atoms with Crippen LogP contribution in [0.25, 0.3) is 0 Å². The van der Waals surface area contributed by atoms with Crippen LogP contribution < -0.4 is 0 Å². The minimum absolute atomic E-state index is 0.402. The molecular formula is C12H23N. The van der Waals surface area contributed by atoms with Crippen molar-refractivity contribution < 1.29 is 0 Å². The minimum atomic E-state index is 0.402. The van der Waals surface area contributed by atoms with E-state index in [1.54, 1.807) is 0 Å². The second-order valence-electron chi connectivity index (χ2n) is 6.03. The standard InChI is InChI=1S/C12H23N/c1-5-10-6-7-12(10)8-13(9-12)11(2,3)4/h10H,5-9H2,1-4H3. The first kappa shape index (κ1) is 9.51. The highest BCUT2D eigenvalue weighted by Gasteiger charge is 2.55. The van der Waals surface area contributed by atoms with Crippen molar-refractivity contribution in [2.45, 2.75) is 52.5 Å². The lowest BCUT2D eigenvalue weighted by Gasteiger charge is -2.64. The zero-order chi connectivity index (χ0) is 9.69. The first-order valence-electron chi connectivity index (χ1n) is 5.73. The first-order valence-corrected chi connectivity index (χ1v) is 5.73. The van der Waals surface area contributed by atoms with Crippen molar-refractivity contribution in [3.63, 3.8) is 0 Å². The first-order chi connectivity index (χ1) is 5.98. The molecule has 0 bridgehead atoms. The average Bonchev–Trinajstić information content (AvgIpc) is 1.78. The van der Waals surface area contributed by atoms with Crippen LogP contribution in [-0.4, -0.2) is 23.5 Å². The van der Waals surface area contributed by atoms with Gasteiger partial charge < -0.3 is 0 Å². The van der Waals surface area contributed by atoms with Crippen LogP contribution >= 0.6 is 0 Å². The van der Waals surface area contributed by atoms with E-state index >= 15 is 0 Å². The normalized spacial score (nSPS) is 32.8. The Bertz CT molecular complexity index is 194. The van der Waals surface area contributed by atoms with E-state index in [1.807, 2.05) is 0 Å². The summed E-state index contributed by atoms with van der Waals surface area (Å²) in [5.41, 5.74) is 1.17. The quantitative estimate of drug-likeness (QED) is 0.601. The molecule has 2 rings (SSSR count). The lowest BCUT2D eigenvalue weighted by atomic mass is 9.54. The third-order valence-electron chi connectivity index (χ3n) is 4.31. The van der Waals surface area contributed by atoms with Gasteiger partial charge in [-0.1, -0.05) is 13.3 Å². The van der Waals surface area contributed by atoms with Crippen molar-refractivity contribution in [2.24, 2.45) is 11.3 Å². The topological polar surface area (TPSA) is 3.24 Å². The molecule has 1 atom stereocenters. The third-order valence-corrected chi connectivity index (χ3v) is 4.31. The van der Waals surface area contributed by atoms with Crippen LogP contribution in [0, 0.1) is 11.3 Å². The van der Waals surface area contributed by atoms with Crippen LogP contribution in [0.2, 0.25) is 0 Å². The monoisotopic (exact) mass is 181 g/mol. The van der Waals surface area contributed by atoms with Gasteiger partial charge in [0.2, 0.25) is 0 Å². The Hall–Kier alpha value is -0.0400. The van der Waals surface area contributed by atoms with Gasteiger partial charge in [0.05, 0.1) is 0 Å². The molecule has 0 N–H and O–H groups in total. The number of hydrogen-bond acceptors (Lipinski definition) is 1. The van der Waals surface area contributed by atoms with E-state index in [4.69, 9.17) is 0 Å². The Labute approximate surface area is 82.5 Å². The molecule has 0 aromatic rings. The lowest BCUT2D eigenvalue weighted by molar-refractivity contribution is -0.147. The Kier molecular flexibility index (Phi) is 1.99. The summed E-state index contributed by atoms with van der Waals surface area (Å²) in [5, 5.41) is 0. The van der Waals surface area contributed by atoms with Crippen LogP contribution in [0.1, 0.15) is 47.0 Å². The predicted molar refractivity (Wildman–Crippen MR) is 56.8 cm³/mol. The number of nitrogens with zero attached hydrogens (tertiary/aromatic N) is 1. The smallest absolute Gasteiger partial charge is 0.0125 e. The Morgan fingerprint density at radius 3 is 2.23 bits per heavy atom. The van der Waals surface area contributed by atoms with E-state index in [1.165, 1.54) is 32.4 Å². The summed E-state index contributed by atoms with van der Waals surface area (Å²) in [4.78, 5) is 2.63. The van der Waals surface area contributed by atoms with Gasteiger partial charge in [0, 0.05) is 18.6 Å². The molecule has 1 spiro atoms.